The number of ether oxygens (including phenoxy) is 1. The fraction of sp³-hybridized carbons (Fsp3) is 0.0769. The van der Waals surface area contributed by atoms with E-state index >= 15 is 0 Å². The van der Waals surface area contributed by atoms with E-state index in [1.54, 1.807) is 17.5 Å². The molecule has 2 aromatic rings. The monoisotopic (exact) mass is 291 g/mol. The number of methoxy groups -OCH3 is 1. The Morgan fingerprint density at radius 3 is 2.55 bits per heavy atom. The van der Waals surface area contributed by atoms with Gasteiger partial charge in [-0.15, -0.1) is 11.3 Å². The Balaban J connectivity index is 2.64. The molecule has 0 unspecified atom stereocenters. The molecule has 0 aliphatic rings. The lowest BCUT2D eigenvalue weighted by Gasteiger charge is -2.06. The molecular weight excluding hydrogens is 282 g/mol. The smallest absolute Gasteiger partial charge is 0.345 e. The summed E-state index contributed by atoms with van der Waals surface area (Å²) in [6, 6.07) is 7.18. The van der Waals surface area contributed by atoms with Gasteiger partial charge in [-0.1, -0.05) is 12.1 Å². The highest BCUT2D eigenvalue weighted by atomic mass is 32.1. The number of thiophene rings is 1. The molecule has 0 aliphatic heterocycles. The Hall–Kier alpha value is -2.54. The van der Waals surface area contributed by atoms with Gasteiger partial charge < -0.3 is 4.74 Å². The van der Waals surface area contributed by atoms with E-state index in [9.17, 15) is 19.7 Å². The Kier molecular flexibility index (Phi) is 3.90. The van der Waals surface area contributed by atoms with Gasteiger partial charge in [0.1, 0.15) is 5.56 Å². The molecule has 0 bridgehead atoms. The molecule has 0 N–H and O–H groups in total. The van der Waals surface area contributed by atoms with Crippen molar-refractivity contribution in [2.75, 3.05) is 7.11 Å². The van der Waals surface area contributed by atoms with Crippen LogP contribution in [0.15, 0.2) is 35.7 Å². The van der Waals surface area contributed by atoms with Gasteiger partial charge in [0.15, 0.2) is 0 Å². The summed E-state index contributed by atoms with van der Waals surface area (Å²) >= 11 is 1.20. The van der Waals surface area contributed by atoms with Gasteiger partial charge in [0.05, 0.1) is 16.9 Å². The molecule has 20 heavy (non-hydrogen) atoms. The molecule has 0 atom stereocenters. The van der Waals surface area contributed by atoms with E-state index < -0.39 is 22.4 Å². The summed E-state index contributed by atoms with van der Waals surface area (Å²) in [4.78, 5) is 34.7. The van der Waals surface area contributed by atoms with Crippen LogP contribution in [0.4, 0.5) is 5.69 Å². The molecule has 0 saturated carbocycles. The van der Waals surface area contributed by atoms with E-state index in [-0.39, 0.29) is 11.1 Å². The van der Waals surface area contributed by atoms with Crippen LogP contribution in [-0.4, -0.2) is 23.8 Å². The zero-order valence-corrected chi connectivity index (χ0v) is 11.2. The van der Waals surface area contributed by atoms with Gasteiger partial charge in [0.25, 0.3) is 5.69 Å². The molecule has 2 rings (SSSR count). The third-order valence-electron chi connectivity index (χ3n) is 2.62. The average molecular weight is 291 g/mol. The summed E-state index contributed by atoms with van der Waals surface area (Å²) in [5.74, 6) is -1.35. The zero-order valence-electron chi connectivity index (χ0n) is 10.4. The summed E-state index contributed by atoms with van der Waals surface area (Å²) in [6.07, 6.45) is 0. The van der Waals surface area contributed by atoms with Crippen LogP contribution in [0, 0.1) is 10.1 Å². The fourth-order valence-corrected chi connectivity index (χ4v) is 2.42. The molecular formula is C13H9NO5S. The number of rotatable bonds is 4. The highest BCUT2D eigenvalue weighted by Crippen LogP contribution is 2.26. The second-order valence-corrected chi connectivity index (χ2v) is 4.70. The quantitative estimate of drug-likeness (QED) is 0.374. The van der Waals surface area contributed by atoms with Gasteiger partial charge >= 0.3 is 5.97 Å². The van der Waals surface area contributed by atoms with Gasteiger partial charge in [-0.25, -0.2) is 4.79 Å². The second-order valence-electron chi connectivity index (χ2n) is 3.75. The molecule has 0 aliphatic carbocycles. The molecule has 0 radical (unpaired) electrons. The molecule has 102 valence electrons. The summed E-state index contributed by atoms with van der Waals surface area (Å²) in [6.45, 7) is 0. The van der Waals surface area contributed by atoms with E-state index in [4.69, 9.17) is 0 Å². The first-order chi connectivity index (χ1) is 9.56. The van der Waals surface area contributed by atoms with Crippen molar-refractivity contribution < 1.29 is 19.2 Å². The number of ketones is 1. The zero-order chi connectivity index (χ0) is 14.7. The lowest BCUT2D eigenvalue weighted by atomic mass is 10.0. The molecule has 0 spiro atoms. The number of nitro benzene ring substituents is 1. The van der Waals surface area contributed by atoms with Crippen molar-refractivity contribution in [3.8, 4) is 0 Å². The van der Waals surface area contributed by atoms with Crippen molar-refractivity contribution in [3.63, 3.8) is 0 Å². The average Bonchev–Trinajstić information content (AvgIpc) is 2.98. The number of carbonyl (C=O) groups is 2. The maximum absolute atomic E-state index is 12.3. The first-order valence-electron chi connectivity index (χ1n) is 5.50. The molecule has 0 fully saturated rings. The van der Waals surface area contributed by atoms with Crippen LogP contribution in [0.2, 0.25) is 0 Å². The number of benzene rings is 1. The molecule has 1 aromatic heterocycles. The third-order valence-corrected chi connectivity index (χ3v) is 3.49. The van der Waals surface area contributed by atoms with Crippen molar-refractivity contribution in [2.24, 2.45) is 0 Å². The fourth-order valence-electron chi connectivity index (χ4n) is 1.74. The van der Waals surface area contributed by atoms with Gasteiger partial charge in [-0.05, 0) is 17.5 Å². The van der Waals surface area contributed by atoms with Crippen molar-refractivity contribution in [1.82, 2.24) is 0 Å². The lowest BCUT2D eigenvalue weighted by molar-refractivity contribution is -0.385. The van der Waals surface area contributed by atoms with Gasteiger partial charge in [-0.3, -0.25) is 14.9 Å². The molecule has 0 saturated heterocycles. The second kappa shape index (κ2) is 5.62. The van der Waals surface area contributed by atoms with Crippen LogP contribution >= 0.6 is 11.3 Å². The van der Waals surface area contributed by atoms with E-state index in [0.29, 0.717) is 4.88 Å². The summed E-state index contributed by atoms with van der Waals surface area (Å²) < 4.78 is 4.54. The van der Waals surface area contributed by atoms with Crippen LogP contribution in [0.3, 0.4) is 0 Å². The highest BCUT2D eigenvalue weighted by Gasteiger charge is 2.28. The molecule has 1 heterocycles. The number of carbonyl (C=O) groups excluding carboxylic acids is 2. The van der Waals surface area contributed by atoms with Crippen LogP contribution in [0.1, 0.15) is 25.6 Å². The normalized spacial score (nSPS) is 10.1. The third kappa shape index (κ3) is 2.43. The number of nitro groups is 1. The summed E-state index contributed by atoms with van der Waals surface area (Å²) in [5.41, 5.74) is -0.800. The standard InChI is InChI=1S/C13H9NO5S/c1-19-13(16)11-8(4-2-5-9(11)14(17)18)12(15)10-6-3-7-20-10/h2-7H,1H3. The number of esters is 1. The minimum absolute atomic E-state index is 0.0338. The van der Waals surface area contributed by atoms with Gasteiger partial charge in [0, 0.05) is 11.6 Å². The predicted molar refractivity (Wildman–Crippen MR) is 72.2 cm³/mol. The first-order valence-corrected chi connectivity index (χ1v) is 6.38. The van der Waals surface area contributed by atoms with Crippen LogP contribution in [0.5, 0.6) is 0 Å². The Morgan fingerprint density at radius 2 is 2.00 bits per heavy atom. The van der Waals surface area contributed by atoms with E-state index in [2.05, 4.69) is 4.74 Å². The number of hydrogen-bond donors (Lipinski definition) is 0. The molecule has 1 aromatic carbocycles. The van der Waals surface area contributed by atoms with E-state index in [1.165, 1.54) is 23.5 Å². The van der Waals surface area contributed by atoms with E-state index in [0.717, 1.165) is 13.2 Å². The SMILES string of the molecule is COC(=O)c1c(C(=O)c2cccs2)cccc1[N+](=O)[O-]. The molecule has 6 nitrogen and oxygen atoms in total. The largest absolute Gasteiger partial charge is 0.465 e. The minimum Gasteiger partial charge on any atom is -0.465 e. The van der Waals surface area contributed by atoms with Crippen molar-refractivity contribution >= 4 is 28.8 Å². The van der Waals surface area contributed by atoms with Crippen LogP contribution in [-0.2, 0) is 4.74 Å². The molecule has 0 amide bonds. The first kappa shape index (κ1) is 13.9. The van der Waals surface area contributed by atoms with Gasteiger partial charge in [-0.2, -0.15) is 0 Å². The van der Waals surface area contributed by atoms with Gasteiger partial charge in [0.2, 0.25) is 5.78 Å². The van der Waals surface area contributed by atoms with Crippen molar-refractivity contribution in [1.29, 1.82) is 0 Å². The van der Waals surface area contributed by atoms with Crippen molar-refractivity contribution in [3.05, 3.63) is 61.8 Å². The Labute approximate surface area is 117 Å². The maximum Gasteiger partial charge on any atom is 0.345 e. The Morgan fingerprint density at radius 1 is 1.25 bits per heavy atom. The number of hydrogen-bond acceptors (Lipinski definition) is 6. The maximum atomic E-state index is 12.3. The number of nitrogens with zero attached hydrogens (tertiary/aromatic N) is 1. The predicted octanol–water partition coefficient (Wildman–Crippen LogP) is 2.67. The lowest BCUT2D eigenvalue weighted by Crippen LogP contribution is -2.13. The topological polar surface area (TPSA) is 86.5 Å². The highest BCUT2D eigenvalue weighted by molar-refractivity contribution is 7.12. The van der Waals surface area contributed by atoms with Crippen LogP contribution in [0.25, 0.3) is 0 Å². The summed E-state index contributed by atoms with van der Waals surface area (Å²) in [5, 5.41) is 12.7. The Bertz CT molecular complexity index is 678. The minimum atomic E-state index is -0.905. The van der Waals surface area contributed by atoms with Crippen LogP contribution < -0.4 is 0 Å². The summed E-state index contributed by atoms with van der Waals surface area (Å²) in [7, 11) is 1.11. The molecule has 7 heteroatoms. The van der Waals surface area contributed by atoms with Crippen molar-refractivity contribution in [2.45, 2.75) is 0 Å². The van der Waals surface area contributed by atoms with E-state index in [1.807, 2.05) is 0 Å².